The predicted molar refractivity (Wildman–Crippen MR) is 104 cm³/mol. The molecule has 0 aromatic heterocycles. The van der Waals surface area contributed by atoms with Crippen LogP contribution in [0, 0.1) is 0 Å². The predicted octanol–water partition coefficient (Wildman–Crippen LogP) is 3.13. The van der Waals surface area contributed by atoms with Gasteiger partial charge in [0.2, 0.25) is 0 Å². The fourth-order valence-electron chi connectivity index (χ4n) is 2.59. The van der Waals surface area contributed by atoms with E-state index in [4.69, 9.17) is 9.47 Å². The molecule has 27 heavy (non-hydrogen) atoms. The lowest BCUT2D eigenvalue weighted by atomic mass is 10.0. The Kier molecular flexibility index (Phi) is 6.85. The third kappa shape index (κ3) is 5.72. The fraction of sp³-hybridized carbons (Fsp3) is 0.350. The Balaban J connectivity index is 2.05. The molecule has 0 saturated carbocycles. The van der Waals surface area contributed by atoms with E-state index in [0.29, 0.717) is 17.9 Å². The average molecular weight is 391 g/mol. The topological polar surface area (TPSA) is 81.7 Å². The second-order valence-corrected chi connectivity index (χ2v) is 8.27. The highest BCUT2D eigenvalue weighted by Gasteiger charge is 2.20. The van der Waals surface area contributed by atoms with Crippen LogP contribution in [0.4, 0.5) is 0 Å². The van der Waals surface area contributed by atoms with Crippen LogP contribution in [-0.4, -0.2) is 33.8 Å². The van der Waals surface area contributed by atoms with Crippen molar-refractivity contribution in [1.29, 1.82) is 0 Å². The molecule has 0 spiro atoms. The lowest BCUT2D eigenvalue weighted by molar-refractivity contribution is -0.128. The zero-order valence-electron chi connectivity index (χ0n) is 15.9. The number of benzene rings is 2. The number of carbonyl (C=O) groups is 1. The summed E-state index contributed by atoms with van der Waals surface area (Å²) in [6.45, 7) is 3.62. The maximum Gasteiger partial charge on any atom is 0.261 e. The number of rotatable bonds is 8. The van der Waals surface area contributed by atoms with E-state index < -0.39 is 15.9 Å². The summed E-state index contributed by atoms with van der Waals surface area (Å²) in [5.41, 5.74) is 0.840. The maximum absolute atomic E-state index is 12.5. The third-order valence-corrected chi connectivity index (χ3v) is 5.29. The smallest absolute Gasteiger partial charge is 0.261 e. The normalized spacial score (nSPS) is 13.5. The van der Waals surface area contributed by atoms with Crippen molar-refractivity contribution >= 4 is 15.7 Å². The summed E-state index contributed by atoms with van der Waals surface area (Å²) in [5, 5.41) is 2.95. The zero-order chi connectivity index (χ0) is 20.0. The van der Waals surface area contributed by atoms with Gasteiger partial charge in [-0.3, -0.25) is 4.79 Å². The van der Waals surface area contributed by atoms with Gasteiger partial charge in [-0.15, -0.1) is 0 Å². The van der Waals surface area contributed by atoms with Crippen molar-refractivity contribution in [2.75, 3.05) is 13.4 Å². The number of ether oxygens (including phenoxy) is 2. The van der Waals surface area contributed by atoms with Gasteiger partial charge in [0, 0.05) is 12.3 Å². The summed E-state index contributed by atoms with van der Waals surface area (Å²) in [4.78, 5) is 12.8. The van der Waals surface area contributed by atoms with E-state index in [1.54, 1.807) is 62.6 Å². The van der Waals surface area contributed by atoms with Crippen molar-refractivity contribution in [2.45, 2.75) is 37.3 Å². The van der Waals surface area contributed by atoms with E-state index in [1.165, 1.54) is 6.26 Å². The summed E-state index contributed by atoms with van der Waals surface area (Å²) in [6.07, 6.45) is 1.13. The number of methoxy groups -OCH3 is 1. The van der Waals surface area contributed by atoms with Crippen molar-refractivity contribution in [1.82, 2.24) is 5.32 Å². The van der Waals surface area contributed by atoms with Gasteiger partial charge < -0.3 is 14.8 Å². The van der Waals surface area contributed by atoms with Crippen LogP contribution in [0.5, 0.6) is 11.5 Å². The lowest BCUT2D eigenvalue weighted by Crippen LogP contribution is -2.38. The molecule has 0 fully saturated rings. The second kappa shape index (κ2) is 8.90. The first-order chi connectivity index (χ1) is 12.7. The Morgan fingerprint density at radius 3 is 2.30 bits per heavy atom. The van der Waals surface area contributed by atoms with Gasteiger partial charge in [-0.1, -0.05) is 25.1 Å². The first-order valence-electron chi connectivity index (χ1n) is 8.65. The number of sulfone groups is 1. The molecule has 146 valence electrons. The average Bonchev–Trinajstić information content (AvgIpc) is 2.65. The monoisotopic (exact) mass is 391 g/mol. The summed E-state index contributed by atoms with van der Waals surface area (Å²) in [7, 11) is -1.68. The molecule has 0 aliphatic rings. The molecule has 1 N–H and O–H groups in total. The highest BCUT2D eigenvalue weighted by atomic mass is 32.2. The van der Waals surface area contributed by atoms with Crippen LogP contribution in [-0.2, 0) is 14.6 Å². The summed E-state index contributed by atoms with van der Waals surface area (Å²) in [5.74, 6) is 0.942. The minimum Gasteiger partial charge on any atom is -0.497 e. The summed E-state index contributed by atoms with van der Waals surface area (Å²) >= 11 is 0. The molecule has 0 unspecified atom stereocenters. The Bertz CT molecular complexity index is 878. The number of carbonyl (C=O) groups excluding carboxylic acids is 1. The molecule has 1 amide bonds. The molecule has 7 heteroatoms. The van der Waals surface area contributed by atoms with Gasteiger partial charge in [0.15, 0.2) is 15.9 Å². The molecule has 0 aliphatic carbocycles. The number of amides is 1. The van der Waals surface area contributed by atoms with Crippen LogP contribution in [0.15, 0.2) is 53.4 Å². The molecule has 2 rings (SSSR count). The van der Waals surface area contributed by atoms with E-state index in [2.05, 4.69) is 5.32 Å². The van der Waals surface area contributed by atoms with Gasteiger partial charge in [-0.05, 0) is 43.2 Å². The summed E-state index contributed by atoms with van der Waals surface area (Å²) in [6, 6.07) is 13.4. The number of hydrogen-bond donors (Lipinski definition) is 1. The van der Waals surface area contributed by atoms with Crippen molar-refractivity contribution in [3.8, 4) is 11.5 Å². The minimum absolute atomic E-state index is 0.234. The molecule has 0 heterocycles. The SMILES string of the molecule is CC[C@@H](NC(=O)[C@H](C)Oc1cccc(OC)c1)c1ccc(S(C)(=O)=O)cc1. The Morgan fingerprint density at radius 2 is 1.74 bits per heavy atom. The Hall–Kier alpha value is -2.54. The van der Waals surface area contributed by atoms with Gasteiger partial charge in [0.1, 0.15) is 11.5 Å². The quantitative estimate of drug-likeness (QED) is 0.748. The maximum atomic E-state index is 12.5. The largest absolute Gasteiger partial charge is 0.497 e. The van der Waals surface area contributed by atoms with Crippen LogP contribution in [0.2, 0.25) is 0 Å². The molecule has 0 radical (unpaired) electrons. The first kappa shape index (κ1) is 20.8. The molecule has 0 bridgehead atoms. The van der Waals surface area contributed by atoms with Gasteiger partial charge >= 0.3 is 0 Å². The number of hydrogen-bond acceptors (Lipinski definition) is 5. The van der Waals surface area contributed by atoms with Crippen LogP contribution in [0.3, 0.4) is 0 Å². The summed E-state index contributed by atoms with van der Waals surface area (Å²) < 4.78 is 34.0. The first-order valence-corrected chi connectivity index (χ1v) is 10.5. The Labute approximate surface area is 160 Å². The highest BCUT2D eigenvalue weighted by molar-refractivity contribution is 7.90. The van der Waals surface area contributed by atoms with Gasteiger partial charge in [-0.25, -0.2) is 8.42 Å². The molecular formula is C20H25NO5S. The van der Waals surface area contributed by atoms with Crippen molar-refractivity contribution in [2.24, 2.45) is 0 Å². The van der Waals surface area contributed by atoms with Crippen LogP contribution in [0.1, 0.15) is 31.9 Å². The molecule has 6 nitrogen and oxygen atoms in total. The van der Waals surface area contributed by atoms with Gasteiger partial charge in [-0.2, -0.15) is 0 Å². The van der Waals surface area contributed by atoms with Crippen LogP contribution >= 0.6 is 0 Å². The fourth-order valence-corrected chi connectivity index (χ4v) is 3.22. The molecule has 2 aromatic rings. The lowest BCUT2D eigenvalue weighted by Gasteiger charge is -2.21. The van der Waals surface area contributed by atoms with Crippen molar-refractivity contribution < 1.29 is 22.7 Å². The van der Waals surface area contributed by atoms with E-state index in [9.17, 15) is 13.2 Å². The van der Waals surface area contributed by atoms with Crippen molar-refractivity contribution in [3.63, 3.8) is 0 Å². The molecule has 2 atom stereocenters. The van der Waals surface area contributed by atoms with Crippen LogP contribution < -0.4 is 14.8 Å². The van der Waals surface area contributed by atoms with Crippen LogP contribution in [0.25, 0.3) is 0 Å². The zero-order valence-corrected chi connectivity index (χ0v) is 16.7. The third-order valence-electron chi connectivity index (χ3n) is 4.16. The second-order valence-electron chi connectivity index (χ2n) is 6.25. The molecule has 0 saturated heterocycles. The van der Waals surface area contributed by atoms with Gasteiger partial charge in [0.25, 0.3) is 5.91 Å². The van der Waals surface area contributed by atoms with Crippen molar-refractivity contribution in [3.05, 3.63) is 54.1 Å². The van der Waals surface area contributed by atoms with E-state index in [1.807, 2.05) is 6.92 Å². The molecular weight excluding hydrogens is 366 g/mol. The number of nitrogens with one attached hydrogen (secondary N) is 1. The van der Waals surface area contributed by atoms with E-state index in [0.717, 1.165) is 5.56 Å². The highest BCUT2D eigenvalue weighted by Crippen LogP contribution is 2.22. The van der Waals surface area contributed by atoms with E-state index in [-0.39, 0.29) is 16.8 Å². The molecule has 0 aliphatic heterocycles. The Morgan fingerprint density at radius 1 is 1.11 bits per heavy atom. The standard InChI is InChI=1S/C20H25NO5S/c1-5-19(15-9-11-18(12-10-15)27(4,23)24)21-20(22)14(2)26-17-8-6-7-16(13-17)25-3/h6-14,19H,5H2,1-4H3,(H,21,22)/t14-,19+/m0/s1. The van der Waals surface area contributed by atoms with Gasteiger partial charge in [0.05, 0.1) is 18.0 Å². The minimum atomic E-state index is -3.25. The molecule has 2 aromatic carbocycles. The van der Waals surface area contributed by atoms with E-state index >= 15 is 0 Å².